The fourth-order valence-electron chi connectivity index (χ4n) is 1.69. The maximum Gasteiger partial charge on any atom is 0.153 e. The van der Waals surface area contributed by atoms with Crippen LogP contribution in [0.3, 0.4) is 0 Å². The molecule has 0 aliphatic rings. The Morgan fingerprint density at radius 2 is 1.84 bits per heavy atom. The van der Waals surface area contributed by atoms with Gasteiger partial charge in [0, 0.05) is 9.50 Å². The Labute approximate surface area is 125 Å². The third-order valence-corrected chi connectivity index (χ3v) is 3.90. The minimum absolute atomic E-state index is 0.509. The van der Waals surface area contributed by atoms with Crippen molar-refractivity contribution >= 4 is 33.8 Å². The molecule has 0 saturated heterocycles. The van der Waals surface area contributed by atoms with Crippen molar-refractivity contribution in [1.29, 1.82) is 0 Å². The summed E-state index contributed by atoms with van der Waals surface area (Å²) < 4.78 is 6.69. The van der Waals surface area contributed by atoms with Crippen molar-refractivity contribution in [1.82, 2.24) is 0 Å². The number of benzene rings is 2. The monoisotopic (exact) mass is 338 g/mol. The van der Waals surface area contributed by atoms with E-state index in [1.54, 1.807) is 30.3 Å². The summed E-state index contributed by atoms with van der Waals surface area (Å²) in [7, 11) is 0. The molecule has 98 valence electrons. The molecule has 0 aliphatic heterocycles. The Bertz CT molecular complexity index is 638. The van der Waals surface area contributed by atoms with Gasteiger partial charge in [-0.05, 0) is 55.3 Å². The highest BCUT2D eigenvalue weighted by Gasteiger charge is 2.10. The molecule has 0 N–H and O–H groups in total. The first-order chi connectivity index (χ1) is 9.02. The summed E-state index contributed by atoms with van der Waals surface area (Å²) in [5.74, 6) is 1.22. The molecule has 2 aromatic carbocycles. The highest BCUT2D eigenvalue weighted by Crippen LogP contribution is 2.33. The van der Waals surface area contributed by atoms with E-state index < -0.39 is 0 Å². The van der Waals surface area contributed by atoms with Crippen LogP contribution in [0.2, 0.25) is 5.02 Å². The third-order valence-electron chi connectivity index (χ3n) is 2.99. The molecule has 0 aliphatic carbocycles. The molecule has 19 heavy (non-hydrogen) atoms. The van der Waals surface area contributed by atoms with Gasteiger partial charge in [-0.3, -0.25) is 4.79 Å². The van der Waals surface area contributed by atoms with Gasteiger partial charge < -0.3 is 4.74 Å². The topological polar surface area (TPSA) is 26.3 Å². The lowest BCUT2D eigenvalue weighted by atomic mass is 10.1. The second-order valence-corrected chi connectivity index (χ2v) is 5.52. The largest absolute Gasteiger partial charge is 0.456 e. The Balaban J connectivity index is 2.44. The fourth-order valence-corrected chi connectivity index (χ4v) is 2.23. The van der Waals surface area contributed by atoms with Crippen LogP contribution in [0.1, 0.15) is 21.5 Å². The van der Waals surface area contributed by atoms with Crippen molar-refractivity contribution < 1.29 is 9.53 Å². The first-order valence-electron chi connectivity index (χ1n) is 5.71. The van der Waals surface area contributed by atoms with Crippen LogP contribution in [0, 0.1) is 13.8 Å². The number of carbonyl (C=O) groups is 1. The van der Waals surface area contributed by atoms with Crippen LogP contribution in [-0.4, -0.2) is 6.29 Å². The minimum atomic E-state index is 0.509. The van der Waals surface area contributed by atoms with Gasteiger partial charge in [-0.15, -0.1) is 0 Å². The Kier molecular flexibility index (Phi) is 4.27. The van der Waals surface area contributed by atoms with Gasteiger partial charge >= 0.3 is 0 Å². The summed E-state index contributed by atoms with van der Waals surface area (Å²) in [4.78, 5) is 11.0. The highest BCUT2D eigenvalue weighted by atomic mass is 79.9. The van der Waals surface area contributed by atoms with Crippen LogP contribution in [0.25, 0.3) is 0 Å². The molecule has 0 bridgehead atoms. The van der Waals surface area contributed by atoms with Crippen LogP contribution in [0.4, 0.5) is 0 Å². The summed E-state index contributed by atoms with van der Waals surface area (Å²) in [6, 6.07) is 8.88. The third kappa shape index (κ3) is 2.99. The van der Waals surface area contributed by atoms with E-state index in [4.69, 9.17) is 16.3 Å². The zero-order chi connectivity index (χ0) is 14.0. The maximum atomic E-state index is 11.0. The molecule has 2 aromatic rings. The smallest absolute Gasteiger partial charge is 0.153 e. The molecule has 2 nitrogen and oxygen atoms in total. The second-order valence-electron chi connectivity index (χ2n) is 4.20. The van der Waals surface area contributed by atoms with E-state index in [-0.39, 0.29) is 0 Å². The van der Waals surface area contributed by atoms with Gasteiger partial charge in [-0.25, -0.2) is 0 Å². The summed E-state index contributed by atoms with van der Waals surface area (Å²) >= 11 is 9.42. The fraction of sp³-hybridized carbons (Fsp3) is 0.133. The van der Waals surface area contributed by atoms with Crippen molar-refractivity contribution in [2.75, 3.05) is 0 Å². The average molecular weight is 340 g/mol. The van der Waals surface area contributed by atoms with Crippen molar-refractivity contribution in [2.24, 2.45) is 0 Å². The molecule has 0 amide bonds. The predicted molar refractivity (Wildman–Crippen MR) is 80.5 cm³/mol. The number of hydrogen-bond donors (Lipinski definition) is 0. The van der Waals surface area contributed by atoms with Gasteiger partial charge in [0.05, 0.1) is 5.56 Å². The first kappa shape index (κ1) is 14.1. The first-order valence-corrected chi connectivity index (χ1v) is 6.88. The summed E-state index contributed by atoms with van der Waals surface area (Å²) in [6.07, 6.45) is 0.778. The molecule has 0 fully saturated rings. The van der Waals surface area contributed by atoms with Crippen molar-refractivity contribution in [3.8, 4) is 11.5 Å². The van der Waals surface area contributed by atoms with Crippen molar-refractivity contribution in [2.45, 2.75) is 13.8 Å². The van der Waals surface area contributed by atoms with Crippen molar-refractivity contribution in [3.63, 3.8) is 0 Å². The summed E-state index contributed by atoms with van der Waals surface area (Å²) in [5.41, 5.74) is 2.45. The van der Waals surface area contributed by atoms with E-state index in [1.165, 1.54) is 0 Å². The summed E-state index contributed by atoms with van der Waals surface area (Å²) in [6.45, 7) is 3.88. The number of hydrogen-bond acceptors (Lipinski definition) is 2. The second kappa shape index (κ2) is 5.76. The predicted octanol–water partition coefficient (Wildman–Crippen LogP) is 5.32. The van der Waals surface area contributed by atoms with E-state index in [2.05, 4.69) is 15.9 Å². The molecule has 0 radical (unpaired) electrons. The molecule has 4 heteroatoms. The zero-order valence-corrected chi connectivity index (χ0v) is 12.9. The van der Waals surface area contributed by atoms with Gasteiger partial charge in [0.25, 0.3) is 0 Å². The lowest BCUT2D eigenvalue weighted by Crippen LogP contribution is -1.94. The Hall–Kier alpha value is -1.32. The van der Waals surface area contributed by atoms with Crippen LogP contribution in [0.5, 0.6) is 11.5 Å². The Morgan fingerprint density at radius 3 is 2.53 bits per heavy atom. The quantitative estimate of drug-likeness (QED) is 0.707. The molecule has 0 saturated carbocycles. The molecular weight excluding hydrogens is 328 g/mol. The van der Waals surface area contributed by atoms with Gasteiger partial charge in [0.2, 0.25) is 0 Å². The SMILES string of the molecule is Cc1c(Cl)ccc(Oc2cc(Br)ccc2C=O)c1C. The molecule has 0 aromatic heterocycles. The normalized spacial score (nSPS) is 10.3. The molecular formula is C15H12BrClO2. The Morgan fingerprint density at radius 1 is 1.11 bits per heavy atom. The van der Waals surface area contributed by atoms with E-state index in [0.717, 1.165) is 21.9 Å². The van der Waals surface area contributed by atoms with Gasteiger partial charge in [-0.2, -0.15) is 0 Å². The molecule has 0 spiro atoms. The molecule has 0 unspecified atom stereocenters. The number of halogens is 2. The molecule has 2 rings (SSSR count). The van der Waals surface area contributed by atoms with Gasteiger partial charge in [-0.1, -0.05) is 27.5 Å². The minimum Gasteiger partial charge on any atom is -0.456 e. The molecule has 0 atom stereocenters. The van der Waals surface area contributed by atoms with E-state index >= 15 is 0 Å². The van der Waals surface area contributed by atoms with Crippen LogP contribution in [0.15, 0.2) is 34.8 Å². The van der Waals surface area contributed by atoms with Crippen LogP contribution < -0.4 is 4.74 Å². The molecule has 0 heterocycles. The maximum absolute atomic E-state index is 11.0. The van der Waals surface area contributed by atoms with Crippen LogP contribution in [-0.2, 0) is 0 Å². The van der Waals surface area contributed by atoms with Crippen LogP contribution >= 0.6 is 27.5 Å². The average Bonchev–Trinajstić information content (AvgIpc) is 2.40. The number of aldehydes is 1. The van der Waals surface area contributed by atoms with E-state index in [1.807, 2.05) is 13.8 Å². The lowest BCUT2D eigenvalue weighted by molar-refractivity contribution is 0.112. The summed E-state index contributed by atoms with van der Waals surface area (Å²) in [5, 5.41) is 0.703. The lowest BCUT2D eigenvalue weighted by Gasteiger charge is -2.13. The highest BCUT2D eigenvalue weighted by molar-refractivity contribution is 9.10. The van der Waals surface area contributed by atoms with Gasteiger partial charge in [0.1, 0.15) is 11.5 Å². The van der Waals surface area contributed by atoms with E-state index in [0.29, 0.717) is 22.1 Å². The van der Waals surface area contributed by atoms with E-state index in [9.17, 15) is 4.79 Å². The number of carbonyl (C=O) groups excluding carboxylic acids is 1. The van der Waals surface area contributed by atoms with Gasteiger partial charge in [0.15, 0.2) is 6.29 Å². The number of ether oxygens (including phenoxy) is 1. The zero-order valence-electron chi connectivity index (χ0n) is 10.5. The number of rotatable bonds is 3. The van der Waals surface area contributed by atoms with Crippen molar-refractivity contribution in [3.05, 3.63) is 56.5 Å². The standard InChI is InChI=1S/C15H12BrClO2/c1-9-10(2)14(6-5-13(9)17)19-15-7-12(16)4-3-11(15)8-18/h3-8H,1-2H3.